The number of carbonyl (C=O) groups is 1. The number of aryl methyl sites for hydroxylation is 1. The number of ether oxygens (including phenoxy) is 2. The maximum Gasteiger partial charge on any atom is 0.347 e. The molecule has 0 amide bonds. The third-order valence-electron chi connectivity index (χ3n) is 3.50. The molecule has 23 heavy (non-hydrogen) atoms. The molecule has 1 aromatic heterocycles. The van der Waals surface area contributed by atoms with E-state index in [9.17, 15) is 4.79 Å². The summed E-state index contributed by atoms with van der Waals surface area (Å²) in [6, 6.07) is 17.1. The van der Waals surface area contributed by atoms with E-state index in [-0.39, 0.29) is 6.61 Å². The minimum Gasteiger partial charge on any atom is -0.479 e. The van der Waals surface area contributed by atoms with Crippen molar-refractivity contribution in [2.75, 3.05) is 0 Å². The Morgan fingerprint density at radius 1 is 1.13 bits per heavy atom. The molecule has 0 aliphatic carbocycles. The molecule has 0 spiro atoms. The highest BCUT2D eigenvalue weighted by molar-refractivity contribution is 5.78. The van der Waals surface area contributed by atoms with Gasteiger partial charge < -0.3 is 13.9 Å². The third-order valence-corrected chi connectivity index (χ3v) is 3.50. The minimum absolute atomic E-state index is 0.0924. The summed E-state index contributed by atoms with van der Waals surface area (Å²) in [5, 5.41) is 0.988. The van der Waals surface area contributed by atoms with E-state index in [4.69, 9.17) is 13.9 Å². The second-order valence-corrected chi connectivity index (χ2v) is 5.43. The zero-order valence-corrected chi connectivity index (χ0v) is 13.1. The Kier molecular flexibility index (Phi) is 4.33. The van der Waals surface area contributed by atoms with Crippen LogP contribution in [0.1, 0.15) is 18.2 Å². The van der Waals surface area contributed by atoms with Crippen LogP contribution in [-0.4, -0.2) is 12.1 Å². The first kappa shape index (κ1) is 15.2. The number of hydrogen-bond acceptors (Lipinski definition) is 4. The Hall–Kier alpha value is -2.75. The fourth-order valence-corrected chi connectivity index (χ4v) is 2.24. The summed E-state index contributed by atoms with van der Waals surface area (Å²) in [5.41, 5.74) is 1.92. The zero-order chi connectivity index (χ0) is 16.2. The normalized spacial score (nSPS) is 12.1. The lowest BCUT2D eigenvalue weighted by Crippen LogP contribution is -2.25. The van der Waals surface area contributed by atoms with Gasteiger partial charge in [-0.2, -0.15) is 0 Å². The van der Waals surface area contributed by atoms with Crippen LogP contribution in [0, 0.1) is 6.92 Å². The van der Waals surface area contributed by atoms with Crippen molar-refractivity contribution in [1.82, 2.24) is 0 Å². The van der Waals surface area contributed by atoms with Crippen molar-refractivity contribution < 1.29 is 18.7 Å². The van der Waals surface area contributed by atoms with Crippen LogP contribution in [0.5, 0.6) is 5.75 Å². The van der Waals surface area contributed by atoms with E-state index in [0.717, 1.165) is 16.5 Å². The van der Waals surface area contributed by atoms with E-state index in [2.05, 4.69) is 0 Å². The van der Waals surface area contributed by atoms with Gasteiger partial charge in [0.05, 0.1) is 0 Å². The zero-order valence-electron chi connectivity index (χ0n) is 13.1. The molecule has 1 heterocycles. The van der Waals surface area contributed by atoms with Gasteiger partial charge in [0.25, 0.3) is 0 Å². The van der Waals surface area contributed by atoms with Crippen molar-refractivity contribution in [3.05, 3.63) is 65.9 Å². The smallest absolute Gasteiger partial charge is 0.347 e. The molecular formula is C19H18O4. The highest BCUT2D eigenvalue weighted by Crippen LogP contribution is 2.20. The summed E-state index contributed by atoms with van der Waals surface area (Å²) in [6.45, 7) is 3.75. The van der Waals surface area contributed by atoms with Crippen molar-refractivity contribution in [2.24, 2.45) is 0 Å². The molecule has 0 saturated carbocycles. The number of hydrogen-bond donors (Lipinski definition) is 0. The average molecular weight is 310 g/mol. The van der Waals surface area contributed by atoms with Crippen LogP contribution in [-0.2, 0) is 16.1 Å². The number of fused-ring (bicyclic) bond motifs is 1. The lowest BCUT2D eigenvalue weighted by molar-refractivity contribution is -0.152. The van der Waals surface area contributed by atoms with E-state index >= 15 is 0 Å². The number of esters is 1. The fraction of sp³-hybridized carbons (Fsp3) is 0.211. The molecular weight excluding hydrogens is 292 g/mol. The molecule has 0 radical (unpaired) electrons. The number of para-hydroxylation sites is 1. The predicted molar refractivity (Wildman–Crippen MR) is 87.3 cm³/mol. The predicted octanol–water partition coefficient (Wildman–Crippen LogP) is 4.25. The summed E-state index contributed by atoms with van der Waals surface area (Å²) < 4.78 is 16.4. The molecule has 3 aromatic rings. The van der Waals surface area contributed by atoms with E-state index < -0.39 is 12.1 Å². The lowest BCUT2D eigenvalue weighted by Gasteiger charge is -2.13. The molecule has 4 heteroatoms. The standard InChI is InChI=1S/C19H18O4/c1-13-7-9-16(10-8-13)22-14(2)19(20)21-12-17-11-15-5-3-4-6-18(15)23-17/h3-11,14H,12H2,1-2H3. The Morgan fingerprint density at radius 3 is 2.61 bits per heavy atom. The number of furan rings is 1. The van der Waals surface area contributed by atoms with Gasteiger partial charge in [0, 0.05) is 5.39 Å². The van der Waals surface area contributed by atoms with Crippen molar-refractivity contribution in [3.63, 3.8) is 0 Å². The van der Waals surface area contributed by atoms with Crippen LogP contribution in [0.4, 0.5) is 0 Å². The van der Waals surface area contributed by atoms with Gasteiger partial charge in [-0.15, -0.1) is 0 Å². The Labute approximate surface area is 134 Å². The molecule has 0 saturated heterocycles. The molecule has 118 valence electrons. The van der Waals surface area contributed by atoms with Gasteiger partial charge in [-0.3, -0.25) is 0 Å². The Bertz CT molecular complexity index is 769. The van der Waals surface area contributed by atoms with E-state index in [0.29, 0.717) is 11.5 Å². The van der Waals surface area contributed by atoms with Crippen molar-refractivity contribution >= 4 is 16.9 Å². The molecule has 0 aliphatic heterocycles. The molecule has 1 unspecified atom stereocenters. The summed E-state index contributed by atoms with van der Waals surface area (Å²) in [4.78, 5) is 12.0. The molecule has 1 atom stereocenters. The number of carbonyl (C=O) groups excluding carboxylic acids is 1. The molecule has 3 rings (SSSR count). The molecule has 2 aromatic carbocycles. The summed E-state index contributed by atoms with van der Waals surface area (Å²) in [5.74, 6) is 0.830. The first-order valence-electron chi connectivity index (χ1n) is 7.49. The number of rotatable bonds is 5. The Morgan fingerprint density at radius 2 is 1.87 bits per heavy atom. The molecule has 0 bridgehead atoms. The molecule has 4 nitrogen and oxygen atoms in total. The maximum atomic E-state index is 12.0. The quantitative estimate of drug-likeness (QED) is 0.661. The first-order valence-corrected chi connectivity index (χ1v) is 7.49. The van der Waals surface area contributed by atoms with Gasteiger partial charge in [0.2, 0.25) is 0 Å². The number of benzene rings is 2. The second-order valence-electron chi connectivity index (χ2n) is 5.43. The van der Waals surface area contributed by atoms with Crippen LogP contribution in [0.3, 0.4) is 0 Å². The monoisotopic (exact) mass is 310 g/mol. The first-order chi connectivity index (χ1) is 11.1. The summed E-state index contributed by atoms with van der Waals surface area (Å²) in [6.07, 6.45) is -0.679. The van der Waals surface area contributed by atoms with Crippen molar-refractivity contribution in [2.45, 2.75) is 26.6 Å². The van der Waals surface area contributed by atoms with Crippen LogP contribution < -0.4 is 4.74 Å². The highest BCUT2D eigenvalue weighted by atomic mass is 16.6. The lowest BCUT2D eigenvalue weighted by atomic mass is 10.2. The van der Waals surface area contributed by atoms with Gasteiger partial charge in [-0.05, 0) is 38.1 Å². The van der Waals surface area contributed by atoms with Crippen molar-refractivity contribution in [1.29, 1.82) is 0 Å². The van der Waals surface area contributed by atoms with Gasteiger partial charge in [0.1, 0.15) is 23.7 Å². The second kappa shape index (κ2) is 6.57. The highest BCUT2D eigenvalue weighted by Gasteiger charge is 2.17. The molecule has 0 N–H and O–H groups in total. The van der Waals surface area contributed by atoms with Crippen LogP contribution in [0.25, 0.3) is 11.0 Å². The Balaban J connectivity index is 1.56. The largest absolute Gasteiger partial charge is 0.479 e. The van der Waals surface area contributed by atoms with Crippen LogP contribution in [0.2, 0.25) is 0 Å². The maximum absolute atomic E-state index is 12.0. The minimum atomic E-state index is -0.679. The SMILES string of the molecule is Cc1ccc(OC(C)C(=O)OCc2cc3ccccc3o2)cc1. The van der Waals surface area contributed by atoms with Crippen LogP contribution >= 0.6 is 0 Å². The van der Waals surface area contributed by atoms with Gasteiger partial charge in [-0.1, -0.05) is 35.9 Å². The van der Waals surface area contributed by atoms with E-state index in [1.165, 1.54) is 0 Å². The fourth-order valence-electron chi connectivity index (χ4n) is 2.24. The third kappa shape index (κ3) is 3.72. The molecule has 0 aliphatic rings. The van der Waals surface area contributed by atoms with Gasteiger partial charge in [0.15, 0.2) is 6.10 Å². The van der Waals surface area contributed by atoms with Crippen molar-refractivity contribution in [3.8, 4) is 5.75 Å². The topological polar surface area (TPSA) is 48.7 Å². The van der Waals surface area contributed by atoms with E-state index in [1.54, 1.807) is 6.92 Å². The van der Waals surface area contributed by atoms with Crippen LogP contribution in [0.15, 0.2) is 59.0 Å². The van der Waals surface area contributed by atoms with E-state index in [1.807, 2.05) is 61.5 Å². The molecule has 0 fully saturated rings. The van der Waals surface area contributed by atoms with Gasteiger partial charge >= 0.3 is 5.97 Å². The average Bonchev–Trinajstić information content (AvgIpc) is 2.97. The summed E-state index contributed by atoms with van der Waals surface area (Å²) in [7, 11) is 0. The van der Waals surface area contributed by atoms with Gasteiger partial charge in [-0.25, -0.2) is 4.79 Å². The summed E-state index contributed by atoms with van der Waals surface area (Å²) >= 11 is 0.